The van der Waals surface area contributed by atoms with Crippen LogP contribution in [0.4, 0.5) is 11.4 Å². The zero-order chi connectivity index (χ0) is 29.6. The summed E-state index contributed by atoms with van der Waals surface area (Å²) in [5.74, 6) is 0. The smallest absolute Gasteiger partial charge is 0.0966 e. The van der Waals surface area contributed by atoms with Crippen LogP contribution in [0.25, 0.3) is 0 Å². The summed E-state index contributed by atoms with van der Waals surface area (Å²) in [5, 5.41) is 0.627. The van der Waals surface area contributed by atoms with Crippen molar-refractivity contribution in [3.8, 4) is 0 Å². The summed E-state index contributed by atoms with van der Waals surface area (Å²) in [6.07, 6.45) is 2.02. The van der Waals surface area contributed by atoms with Crippen molar-refractivity contribution in [3.63, 3.8) is 0 Å². The third-order valence-electron chi connectivity index (χ3n) is 7.22. The second-order valence-corrected chi connectivity index (χ2v) is 11.2. The topological polar surface area (TPSA) is 37.6 Å². The van der Waals surface area contributed by atoms with Crippen LogP contribution in [-0.2, 0) is 6.42 Å². The molecule has 0 fully saturated rings. The minimum absolute atomic E-state index is 0.627. The Hall–Kier alpha value is -4.34. The predicted octanol–water partition coefficient (Wildman–Crippen LogP) is 10.3. The Morgan fingerprint density at radius 1 is 0.619 bits per heavy atom. The SMILES string of the molecule is CCCc1cc(C)cc(C)c1/N=C(\c1ccccc1)c1cccc(/C(=N/c2c(C)cc(C)cc2Cl)c2ccccc2)n1. The summed E-state index contributed by atoms with van der Waals surface area (Å²) in [4.78, 5) is 15.7. The van der Waals surface area contributed by atoms with Crippen molar-refractivity contribution in [2.75, 3.05) is 0 Å². The van der Waals surface area contributed by atoms with Gasteiger partial charge in [0.1, 0.15) is 0 Å². The van der Waals surface area contributed by atoms with Gasteiger partial charge in [0.2, 0.25) is 0 Å². The fourth-order valence-electron chi connectivity index (χ4n) is 5.37. The molecule has 0 saturated carbocycles. The largest absolute Gasteiger partial charge is 0.246 e. The van der Waals surface area contributed by atoms with Crippen LogP contribution >= 0.6 is 11.6 Å². The minimum Gasteiger partial charge on any atom is -0.246 e. The molecule has 0 aliphatic carbocycles. The number of pyridine rings is 1. The molecule has 0 unspecified atom stereocenters. The molecule has 0 aliphatic heterocycles. The lowest BCUT2D eigenvalue weighted by Crippen LogP contribution is -2.12. The number of halogens is 1. The number of nitrogens with zero attached hydrogens (tertiary/aromatic N) is 3. The van der Waals surface area contributed by atoms with Crippen LogP contribution in [0.15, 0.2) is 113 Å². The first-order chi connectivity index (χ1) is 20.3. The van der Waals surface area contributed by atoms with Crippen LogP contribution in [0.1, 0.15) is 63.7 Å². The van der Waals surface area contributed by atoms with Crippen LogP contribution in [0, 0.1) is 27.7 Å². The van der Waals surface area contributed by atoms with E-state index in [1.807, 2.05) is 74.5 Å². The van der Waals surface area contributed by atoms with Crippen LogP contribution in [0.2, 0.25) is 5.02 Å². The van der Waals surface area contributed by atoms with Crippen LogP contribution in [0.3, 0.4) is 0 Å². The molecule has 210 valence electrons. The summed E-state index contributed by atoms with van der Waals surface area (Å²) in [6, 6.07) is 35.1. The molecule has 0 radical (unpaired) electrons. The Morgan fingerprint density at radius 2 is 1.12 bits per heavy atom. The first kappa shape index (κ1) is 29.2. The fraction of sp³-hybridized carbons (Fsp3) is 0.184. The third kappa shape index (κ3) is 6.58. The highest BCUT2D eigenvalue weighted by Gasteiger charge is 2.17. The first-order valence-electron chi connectivity index (χ1n) is 14.5. The van der Waals surface area contributed by atoms with Gasteiger partial charge in [0.15, 0.2) is 0 Å². The lowest BCUT2D eigenvalue weighted by Gasteiger charge is -2.15. The van der Waals surface area contributed by atoms with E-state index >= 15 is 0 Å². The standard InChI is InChI=1S/C38H36ClN3/c1-6-14-31-23-25(2)21-27(4)35(31)41-37(29-15-9-7-10-16-29)33-19-13-20-34(40-33)38(30-17-11-8-12-18-30)42-36-28(5)22-26(3)24-32(36)39/h7-13,15-24H,6,14H2,1-5H3/b41-37+,42-38+. The number of hydrogen-bond donors (Lipinski definition) is 0. The monoisotopic (exact) mass is 569 g/mol. The van der Waals surface area contributed by atoms with Crippen molar-refractivity contribution < 1.29 is 0 Å². The average molecular weight is 570 g/mol. The molecule has 3 nitrogen and oxygen atoms in total. The van der Waals surface area contributed by atoms with E-state index in [9.17, 15) is 0 Å². The van der Waals surface area contributed by atoms with E-state index in [1.54, 1.807) is 0 Å². The fourth-order valence-corrected chi connectivity index (χ4v) is 5.73. The molecule has 0 atom stereocenters. The Labute approximate surface area is 254 Å². The van der Waals surface area contributed by atoms with Crippen molar-refractivity contribution in [2.24, 2.45) is 9.98 Å². The molecule has 1 heterocycles. The molecular weight excluding hydrogens is 534 g/mol. The van der Waals surface area contributed by atoms with E-state index in [-0.39, 0.29) is 0 Å². The Kier molecular flexibility index (Phi) is 9.09. The Bertz CT molecular complexity index is 1750. The van der Waals surface area contributed by atoms with E-state index in [1.165, 1.54) is 16.7 Å². The number of aromatic nitrogens is 1. The summed E-state index contributed by atoms with van der Waals surface area (Å²) >= 11 is 6.73. The second-order valence-electron chi connectivity index (χ2n) is 10.8. The highest BCUT2D eigenvalue weighted by Crippen LogP contribution is 2.32. The summed E-state index contributed by atoms with van der Waals surface area (Å²) in [5.41, 5.74) is 12.7. The van der Waals surface area contributed by atoms with Crippen LogP contribution in [-0.4, -0.2) is 16.4 Å². The Balaban J connectivity index is 1.73. The number of rotatable bonds is 8. The molecule has 0 aliphatic rings. The van der Waals surface area contributed by atoms with Gasteiger partial charge in [0.25, 0.3) is 0 Å². The van der Waals surface area contributed by atoms with Crippen LogP contribution < -0.4 is 0 Å². The molecule has 1 aromatic heterocycles. The molecule has 0 amide bonds. The Morgan fingerprint density at radius 3 is 1.64 bits per heavy atom. The predicted molar refractivity (Wildman–Crippen MR) is 179 cm³/mol. The minimum atomic E-state index is 0.627. The van der Waals surface area contributed by atoms with Gasteiger partial charge in [0.05, 0.1) is 39.2 Å². The van der Waals surface area contributed by atoms with Gasteiger partial charge >= 0.3 is 0 Å². The molecule has 4 heteroatoms. The maximum atomic E-state index is 6.73. The van der Waals surface area contributed by atoms with Gasteiger partial charge in [0, 0.05) is 11.1 Å². The molecule has 0 bridgehead atoms. The van der Waals surface area contributed by atoms with E-state index in [0.717, 1.165) is 69.3 Å². The average Bonchev–Trinajstić information content (AvgIpc) is 2.97. The van der Waals surface area contributed by atoms with Crippen molar-refractivity contribution in [3.05, 3.63) is 158 Å². The summed E-state index contributed by atoms with van der Waals surface area (Å²) in [6.45, 7) is 10.6. The lowest BCUT2D eigenvalue weighted by atomic mass is 9.99. The lowest BCUT2D eigenvalue weighted by molar-refractivity contribution is 0.918. The summed E-state index contributed by atoms with van der Waals surface area (Å²) in [7, 11) is 0. The maximum absolute atomic E-state index is 6.73. The molecule has 4 aromatic carbocycles. The molecule has 5 rings (SSSR count). The number of aliphatic imine (C=N–C) groups is 2. The van der Waals surface area contributed by atoms with Gasteiger partial charge in [-0.15, -0.1) is 0 Å². The molecular formula is C38H36ClN3. The number of aryl methyl sites for hydroxylation is 5. The highest BCUT2D eigenvalue weighted by molar-refractivity contribution is 6.33. The van der Waals surface area contributed by atoms with E-state index in [2.05, 4.69) is 63.2 Å². The van der Waals surface area contributed by atoms with Crippen molar-refractivity contribution >= 4 is 34.4 Å². The maximum Gasteiger partial charge on any atom is 0.0966 e. The molecule has 0 saturated heterocycles. The van der Waals surface area contributed by atoms with Gasteiger partial charge in [-0.2, -0.15) is 0 Å². The quantitative estimate of drug-likeness (QED) is 0.171. The van der Waals surface area contributed by atoms with E-state index in [0.29, 0.717) is 5.02 Å². The second kappa shape index (κ2) is 13.1. The number of hydrogen-bond acceptors (Lipinski definition) is 3. The van der Waals surface area contributed by atoms with Gasteiger partial charge in [-0.05, 0) is 74.6 Å². The molecule has 5 aromatic rings. The van der Waals surface area contributed by atoms with E-state index < -0.39 is 0 Å². The van der Waals surface area contributed by atoms with Gasteiger partial charge in [-0.25, -0.2) is 15.0 Å². The van der Waals surface area contributed by atoms with Crippen molar-refractivity contribution in [2.45, 2.75) is 47.5 Å². The molecule has 0 N–H and O–H groups in total. The van der Waals surface area contributed by atoms with Crippen molar-refractivity contribution in [1.82, 2.24) is 4.98 Å². The van der Waals surface area contributed by atoms with E-state index in [4.69, 9.17) is 26.6 Å². The van der Waals surface area contributed by atoms with Crippen molar-refractivity contribution in [1.29, 1.82) is 0 Å². The zero-order valence-corrected chi connectivity index (χ0v) is 25.7. The highest BCUT2D eigenvalue weighted by atomic mass is 35.5. The summed E-state index contributed by atoms with van der Waals surface area (Å²) < 4.78 is 0. The molecule has 0 spiro atoms. The van der Waals surface area contributed by atoms with Gasteiger partial charge < -0.3 is 0 Å². The third-order valence-corrected chi connectivity index (χ3v) is 7.51. The number of benzene rings is 4. The molecule has 42 heavy (non-hydrogen) atoms. The van der Waals surface area contributed by atoms with Crippen LogP contribution in [0.5, 0.6) is 0 Å². The van der Waals surface area contributed by atoms with Gasteiger partial charge in [-0.3, -0.25) is 0 Å². The first-order valence-corrected chi connectivity index (χ1v) is 14.8. The normalized spacial score (nSPS) is 12.0. The zero-order valence-electron chi connectivity index (χ0n) is 24.9. The van der Waals surface area contributed by atoms with Gasteiger partial charge in [-0.1, -0.05) is 115 Å².